The Bertz CT molecular complexity index is 275. The van der Waals surface area contributed by atoms with Gasteiger partial charge in [-0.2, -0.15) is 5.26 Å². The van der Waals surface area contributed by atoms with E-state index in [1.807, 2.05) is 6.07 Å². The fourth-order valence-corrected chi connectivity index (χ4v) is 1.64. The zero-order chi connectivity index (χ0) is 11.1. The van der Waals surface area contributed by atoms with Crippen LogP contribution in [-0.4, -0.2) is 24.8 Å². The Balaban J connectivity index is 2.45. The number of carbonyl (C=O) groups is 1. The number of nitriles is 1. The predicted octanol–water partition coefficient (Wildman–Crippen LogP) is 1.70. The molecule has 1 aliphatic carbocycles. The first-order chi connectivity index (χ1) is 7.27. The summed E-state index contributed by atoms with van der Waals surface area (Å²) in [7, 11) is 0. The van der Waals surface area contributed by atoms with Gasteiger partial charge in [-0.3, -0.25) is 9.79 Å². The number of hydrogen-bond donors (Lipinski definition) is 0. The highest BCUT2D eigenvalue weighted by molar-refractivity contribution is 5.92. The molecule has 0 N–H and O–H groups in total. The van der Waals surface area contributed by atoms with Crippen LogP contribution in [-0.2, 0) is 9.53 Å². The number of aliphatic imine (C=N–C) groups is 1. The van der Waals surface area contributed by atoms with Crippen molar-refractivity contribution in [2.75, 3.05) is 6.61 Å². The van der Waals surface area contributed by atoms with Gasteiger partial charge in [-0.1, -0.05) is 12.8 Å². The van der Waals surface area contributed by atoms with Crippen molar-refractivity contribution >= 4 is 12.2 Å². The van der Waals surface area contributed by atoms with Gasteiger partial charge in [0.15, 0.2) is 5.92 Å². The number of ether oxygens (including phenoxy) is 1. The summed E-state index contributed by atoms with van der Waals surface area (Å²) in [5, 5.41) is 8.75. The topological polar surface area (TPSA) is 62.5 Å². The van der Waals surface area contributed by atoms with E-state index in [-0.39, 0.29) is 0 Å². The maximum Gasteiger partial charge on any atom is 0.328 e. The fourth-order valence-electron chi connectivity index (χ4n) is 1.64. The second kappa shape index (κ2) is 6.18. The molecular formula is C11H16N2O2. The van der Waals surface area contributed by atoms with Crippen LogP contribution in [0, 0.1) is 17.2 Å². The summed E-state index contributed by atoms with van der Waals surface area (Å²) < 4.78 is 4.76. The third kappa shape index (κ3) is 3.70. The Morgan fingerprint density at radius 2 is 2.33 bits per heavy atom. The van der Waals surface area contributed by atoms with Gasteiger partial charge in [0.25, 0.3) is 0 Å². The van der Waals surface area contributed by atoms with Crippen LogP contribution in [0.4, 0.5) is 0 Å². The van der Waals surface area contributed by atoms with Crippen LogP contribution < -0.4 is 0 Å². The number of hydrogen-bond acceptors (Lipinski definition) is 4. The van der Waals surface area contributed by atoms with Crippen molar-refractivity contribution in [1.82, 2.24) is 0 Å². The molecular weight excluding hydrogens is 192 g/mol. The summed E-state index contributed by atoms with van der Waals surface area (Å²) in [4.78, 5) is 15.5. The highest BCUT2D eigenvalue weighted by atomic mass is 16.5. The first-order valence-electron chi connectivity index (χ1n) is 5.37. The summed E-state index contributed by atoms with van der Waals surface area (Å²) in [6, 6.07) is 2.19. The van der Waals surface area contributed by atoms with Gasteiger partial charge < -0.3 is 4.74 Å². The van der Waals surface area contributed by atoms with E-state index in [1.54, 1.807) is 6.92 Å². The lowest BCUT2D eigenvalue weighted by molar-refractivity contribution is -0.143. The number of nitrogens with zero attached hydrogens (tertiary/aromatic N) is 2. The van der Waals surface area contributed by atoms with E-state index in [0.717, 1.165) is 12.8 Å². The van der Waals surface area contributed by atoms with Crippen molar-refractivity contribution in [3.63, 3.8) is 0 Å². The molecule has 1 aliphatic rings. The number of carbonyl (C=O) groups excluding carboxylic acids is 1. The molecule has 15 heavy (non-hydrogen) atoms. The molecule has 82 valence electrons. The zero-order valence-corrected chi connectivity index (χ0v) is 8.98. The zero-order valence-electron chi connectivity index (χ0n) is 8.98. The first kappa shape index (κ1) is 11.7. The van der Waals surface area contributed by atoms with Crippen molar-refractivity contribution in [3.05, 3.63) is 0 Å². The van der Waals surface area contributed by atoms with Crippen molar-refractivity contribution in [2.24, 2.45) is 10.9 Å². The Hall–Kier alpha value is -1.37. The quantitative estimate of drug-likeness (QED) is 0.522. The molecule has 0 aromatic heterocycles. The van der Waals surface area contributed by atoms with E-state index >= 15 is 0 Å². The summed E-state index contributed by atoms with van der Waals surface area (Å²) >= 11 is 0. The Morgan fingerprint density at radius 1 is 1.67 bits per heavy atom. The van der Waals surface area contributed by atoms with Gasteiger partial charge in [0.2, 0.25) is 0 Å². The van der Waals surface area contributed by atoms with Crippen LogP contribution in [0.2, 0.25) is 0 Å². The fraction of sp³-hybridized carbons (Fsp3) is 0.727. The molecule has 0 aromatic carbocycles. The van der Waals surface area contributed by atoms with Crippen molar-refractivity contribution in [2.45, 2.75) is 38.6 Å². The molecule has 4 heteroatoms. The molecule has 0 aliphatic heterocycles. The van der Waals surface area contributed by atoms with Crippen LogP contribution in [0.1, 0.15) is 32.6 Å². The molecule has 1 atom stereocenters. The average Bonchev–Trinajstić information content (AvgIpc) is 2.72. The van der Waals surface area contributed by atoms with Crippen molar-refractivity contribution in [3.8, 4) is 6.07 Å². The van der Waals surface area contributed by atoms with Crippen molar-refractivity contribution < 1.29 is 9.53 Å². The lowest BCUT2D eigenvalue weighted by Crippen LogP contribution is -2.18. The van der Waals surface area contributed by atoms with E-state index in [4.69, 9.17) is 10.00 Å². The standard InChI is InChI=1S/C11H16N2O2/c1-2-15-11(14)9(7-12)8-13-10-5-3-4-6-10/h8-10H,2-6H2,1H3/t9-/m1/s1. The molecule has 0 unspecified atom stereocenters. The molecule has 1 saturated carbocycles. The van der Waals surface area contributed by atoms with Crippen LogP contribution in [0.3, 0.4) is 0 Å². The lowest BCUT2D eigenvalue weighted by atomic mass is 10.2. The first-order valence-corrected chi connectivity index (χ1v) is 5.37. The van der Waals surface area contributed by atoms with E-state index in [2.05, 4.69) is 4.99 Å². The maximum atomic E-state index is 11.2. The molecule has 0 bridgehead atoms. The van der Waals surface area contributed by atoms with Crippen LogP contribution in [0.25, 0.3) is 0 Å². The summed E-state index contributed by atoms with van der Waals surface area (Å²) in [5.41, 5.74) is 0. The third-order valence-corrected chi connectivity index (χ3v) is 2.45. The smallest absolute Gasteiger partial charge is 0.328 e. The molecule has 0 heterocycles. The highest BCUT2D eigenvalue weighted by Gasteiger charge is 2.18. The second-order valence-electron chi connectivity index (χ2n) is 3.60. The van der Waals surface area contributed by atoms with Gasteiger partial charge in [-0.15, -0.1) is 0 Å². The largest absolute Gasteiger partial charge is 0.465 e. The van der Waals surface area contributed by atoms with E-state index in [9.17, 15) is 4.79 Å². The van der Waals surface area contributed by atoms with Gasteiger partial charge in [0.05, 0.1) is 12.7 Å². The normalized spacial score (nSPS) is 18.9. The summed E-state index contributed by atoms with van der Waals surface area (Å²) in [6.07, 6.45) is 5.96. The average molecular weight is 208 g/mol. The summed E-state index contributed by atoms with van der Waals surface area (Å²) in [5.74, 6) is -1.34. The van der Waals surface area contributed by atoms with Crippen molar-refractivity contribution in [1.29, 1.82) is 5.26 Å². The molecule has 1 fully saturated rings. The minimum absolute atomic E-state index is 0.300. The van der Waals surface area contributed by atoms with E-state index in [0.29, 0.717) is 12.6 Å². The Kier molecular flexibility index (Phi) is 4.82. The highest BCUT2D eigenvalue weighted by Crippen LogP contribution is 2.20. The number of esters is 1. The van der Waals surface area contributed by atoms with Crippen LogP contribution in [0.5, 0.6) is 0 Å². The third-order valence-electron chi connectivity index (χ3n) is 2.45. The second-order valence-corrected chi connectivity index (χ2v) is 3.60. The molecule has 0 amide bonds. The molecule has 0 aromatic rings. The van der Waals surface area contributed by atoms with Crippen LogP contribution >= 0.6 is 0 Å². The van der Waals surface area contributed by atoms with Gasteiger partial charge >= 0.3 is 5.97 Å². The van der Waals surface area contributed by atoms with Gasteiger partial charge in [0.1, 0.15) is 0 Å². The summed E-state index contributed by atoms with van der Waals surface area (Å²) in [6.45, 7) is 2.02. The molecule has 1 rings (SSSR count). The SMILES string of the molecule is CCOC(=O)[C@H](C#N)C=NC1CCCC1. The molecule has 0 spiro atoms. The monoisotopic (exact) mass is 208 g/mol. The molecule has 4 nitrogen and oxygen atoms in total. The van der Waals surface area contributed by atoms with Gasteiger partial charge in [0, 0.05) is 12.3 Å². The van der Waals surface area contributed by atoms with Gasteiger partial charge in [-0.05, 0) is 19.8 Å². The minimum Gasteiger partial charge on any atom is -0.465 e. The minimum atomic E-state index is -0.842. The van der Waals surface area contributed by atoms with Gasteiger partial charge in [-0.25, -0.2) is 0 Å². The lowest BCUT2D eigenvalue weighted by Gasteiger charge is -2.04. The Morgan fingerprint density at radius 3 is 2.87 bits per heavy atom. The van der Waals surface area contributed by atoms with Crippen LogP contribution in [0.15, 0.2) is 4.99 Å². The van der Waals surface area contributed by atoms with E-state index in [1.165, 1.54) is 19.1 Å². The Labute approximate surface area is 89.9 Å². The maximum absolute atomic E-state index is 11.2. The predicted molar refractivity (Wildman–Crippen MR) is 56.5 cm³/mol. The molecule has 0 radical (unpaired) electrons. The molecule has 0 saturated heterocycles. The number of rotatable bonds is 4. The van der Waals surface area contributed by atoms with E-state index < -0.39 is 11.9 Å².